The van der Waals surface area contributed by atoms with Gasteiger partial charge in [-0.1, -0.05) is 30.3 Å². The minimum Gasteiger partial charge on any atom is -0.383 e. The highest BCUT2D eigenvalue weighted by atomic mass is 32.1. The minimum atomic E-state index is -0.752. The first-order valence-corrected chi connectivity index (χ1v) is 10.1. The number of hydrogen-bond donors (Lipinski definition) is 2. The van der Waals surface area contributed by atoms with Gasteiger partial charge >= 0.3 is 5.69 Å². The number of aromatic nitrogens is 2. The number of rotatable bonds is 7. The minimum absolute atomic E-state index is 0.0184. The van der Waals surface area contributed by atoms with Crippen LogP contribution in [0.15, 0.2) is 52.1 Å². The number of aromatic amines is 1. The molecule has 0 fully saturated rings. The molecule has 30 heavy (non-hydrogen) atoms. The highest BCUT2D eigenvalue weighted by molar-refractivity contribution is 7.14. The van der Waals surface area contributed by atoms with E-state index in [4.69, 9.17) is 5.73 Å². The fourth-order valence-corrected chi connectivity index (χ4v) is 3.88. The van der Waals surface area contributed by atoms with Gasteiger partial charge < -0.3 is 10.6 Å². The summed E-state index contributed by atoms with van der Waals surface area (Å²) in [6.07, 6.45) is -0.0619. The summed E-state index contributed by atoms with van der Waals surface area (Å²) in [5, 5.41) is 0. The van der Waals surface area contributed by atoms with Crippen LogP contribution in [-0.2, 0) is 11.3 Å². The second-order valence-electron chi connectivity index (χ2n) is 6.85. The molecule has 0 bridgehead atoms. The van der Waals surface area contributed by atoms with Crippen LogP contribution < -0.4 is 21.9 Å². The third-order valence-corrected chi connectivity index (χ3v) is 5.73. The van der Waals surface area contributed by atoms with E-state index in [2.05, 4.69) is 4.98 Å². The molecule has 1 amide bonds. The Morgan fingerprint density at radius 3 is 2.43 bits per heavy atom. The van der Waals surface area contributed by atoms with Gasteiger partial charge in [0.25, 0.3) is 5.56 Å². The molecule has 2 heterocycles. The van der Waals surface area contributed by atoms with Gasteiger partial charge in [0.05, 0.1) is 11.4 Å². The molecule has 3 N–H and O–H groups in total. The molecule has 0 atom stereocenters. The second-order valence-corrected chi connectivity index (χ2v) is 8.14. The Kier molecular flexibility index (Phi) is 6.31. The number of aryl methyl sites for hydroxylation is 1. The first-order chi connectivity index (χ1) is 14.3. The number of nitrogens with zero attached hydrogens (tertiary/aromatic N) is 2. The number of ketones is 1. The van der Waals surface area contributed by atoms with Crippen LogP contribution in [0.25, 0.3) is 0 Å². The summed E-state index contributed by atoms with van der Waals surface area (Å²) in [7, 11) is 1.40. The maximum atomic E-state index is 12.6. The molecule has 0 aliphatic rings. The molecular weight excluding hydrogens is 404 g/mol. The van der Waals surface area contributed by atoms with Gasteiger partial charge in [-0.15, -0.1) is 11.3 Å². The van der Waals surface area contributed by atoms with Gasteiger partial charge in [0, 0.05) is 24.8 Å². The molecular formula is C21H22N4O4S. The number of benzene rings is 1. The first kappa shape index (κ1) is 21.3. The van der Waals surface area contributed by atoms with Crippen LogP contribution in [0.5, 0.6) is 0 Å². The van der Waals surface area contributed by atoms with Crippen LogP contribution in [0.3, 0.4) is 0 Å². The largest absolute Gasteiger partial charge is 0.383 e. The Morgan fingerprint density at radius 2 is 1.80 bits per heavy atom. The highest BCUT2D eigenvalue weighted by Gasteiger charge is 2.22. The molecule has 0 unspecified atom stereocenters. The topological polar surface area (TPSA) is 118 Å². The number of carbonyl (C=O) groups is 2. The van der Waals surface area contributed by atoms with Crippen LogP contribution >= 0.6 is 11.3 Å². The smallest absolute Gasteiger partial charge is 0.330 e. The van der Waals surface area contributed by atoms with Gasteiger partial charge in [-0.3, -0.25) is 23.9 Å². The van der Waals surface area contributed by atoms with E-state index in [9.17, 15) is 19.2 Å². The van der Waals surface area contributed by atoms with Gasteiger partial charge in [0.15, 0.2) is 11.5 Å². The number of carbonyl (C=O) groups excluding carboxylic acids is 2. The molecule has 3 aromatic rings. The van der Waals surface area contributed by atoms with Crippen LogP contribution in [0.2, 0.25) is 0 Å². The molecule has 0 aliphatic carbocycles. The van der Waals surface area contributed by atoms with E-state index in [1.807, 2.05) is 43.3 Å². The molecule has 0 aliphatic heterocycles. The molecule has 0 radical (unpaired) electrons. The summed E-state index contributed by atoms with van der Waals surface area (Å²) in [5.41, 5.74) is 5.39. The number of Topliss-reactive ketones (excluding diaryl/α,β-unsaturated/α-hetero) is 1. The van der Waals surface area contributed by atoms with E-state index >= 15 is 0 Å². The molecule has 0 saturated carbocycles. The van der Waals surface area contributed by atoms with E-state index in [-0.39, 0.29) is 36.7 Å². The van der Waals surface area contributed by atoms with Crippen LogP contribution in [0, 0.1) is 6.92 Å². The number of anilines is 2. The zero-order valence-corrected chi connectivity index (χ0v) is 17.5. The van der Waals surface area contributed by atoms with Crippen LogP contribution in [-0.4, -0.2) is 28.3 Å². The Labute approximate surface area is 176 Å². The number of amides is 1. The van der Waals surface area contributed by atoms with Crippen molar-refractivity contribution >= 4 is 34.5 Å². The number of nitrogens with one attached hydrogen (secondary N) is 1. The van der Waals surface area contributed by atoms with Gasteiger partial charge in [0.1, 0.15) is 5.82 Å². The van der Waals surface area contributed by atoms with Gasteiger partial charge in [-0.25, -0.2) is 4.79 Å². The molecule has 2 aromatic heterocycles. The van der Waals surface area contributed by atoms with Crippen molar-refractivity contribution in [1.82, 2.24) is 9.55 Å². The Hall–Kier alpha value is -3.46. The van der Waals surface area contributed by atoms with Crippen molar-refractivity contribution in [2.45, 2.75) is 26.3 Å². The number of hydrogen-bond acceptors (Lipinski definition) is 6. The monoisotopic (exact) mass is 426 g/mol. The third-order valence-electron chi connectivity index (χ3n) is 4.69. The molecule has 3 rings (SSSR count). The predicted octanol–water partition coefficient (Wildman–Crippen LogP) is 2.16. The van der Waals surface area contributed by atoms with Crippen molar-refractivity contribution in [3.63, 3.8) is 0 Å². The van der Waals surface area contributed by atoms with E-state index in [1.165, 1.54) is 23.0 Å². The maximum Gasteiger partial charge on any atom is 0.330 e. The molecule has 8 nitrogen and oxygen atoms in total. The summed E-state index contributed by atoms with van der Waals surface area (Å²) in [5.74, 6) is -0.687. The maximum absolute atomic E-state index is 12.6. The summed E-state index contributed by atoms with van der Waals surface area (Å²) in [6, 6.07) is 12.7. The van der Waals surface area contributed by atoms with E-state index in [0.29, 0.717) is 4.88 Å². The molecule has 9 heteroatoms. The zero-order chi connectivity index (χ0) is 21.8. The summed E-state index contributed by atoms with van der Waals surface area (Å²) < 4.78 is 1.20. The number of nitrogens with two attached hydrogens (primary N) is 1. The van der Waals surface area contributed by atoms with E-state index in [1.54, 1.807) is 6.07 Å². The van der Waals surface area contributed by atoms with Crippen LogP contribution in [0.1, 0.15) is 33.0 Å². The first-order valence-electron chi connectivity index (χ1n) is 9.30. The van der Waals surface area contributed by atoms with Gasteiger partial charge in [-0.2, -0.15) is 0 Å². The van der Waals surface area contributed by atoms with Crippen molar-refractivity contribution in [3.05, 3.63) is 78.6 Å². The van der Waals surface area contributed by atoms with Gasteiger partial charge in [0.2, 0.25) is 5.91 Å². The average molecular weight is 426 g/mol. The normalized spacial score (nSPS) is 10.7. The fraction of sp³-hybridized carbons (Fsp3) is 0.238. The second kappa shape index (κ2) is 8.91. The molecule has 1 aromatic carbocycles. The average Bonchev–Trinajstić information content (AvgIpc) is 3.16. The summed E-state index contributed by atoms with van der Waals surface area (Å²) in [4.78, 5) is 54.4. The zero-order valence-electron chi connectivity index (χ0n) is 16.7. The lowest BCUT2D eigenvalue weighted by Gasteiger charge is -2.20. The summed E-state index contributed by atoms with van der Waals surface area (Å²) >= 11 is 1.37. The highest BCUT2D eigenvalue weighted by Crippen LogP contribution is 2.20. The molecule has 0 saturated heterocycles. The van der Waals surface area contributed by atoms with Gasteiger partial charge in [-0.05, 0) is 24.6 Å². The Bertz CT molecular complexity index is 1190. The quantitative estimate of drug-likeness (QED) is 0.561. The fourth-order valence-electron chi connectivity index (χ4n) is 3.04. The standard InChI is InChI=1S/C21H22N4O4S/c1-13-8-10-16(30-13)15(26)9-11-17(27)24(2)18-19(22)25(21(29)23-20(18)28)12-14-6-4-3-5-7-14/h3-8,10H,9,11-12,22H2,1-2H3,(H,23,28,29). The molecule has 0 spiro atoms. The number of nitrogen functional groups attached to an aromatic ring is 1. The van der Waals surface area contributed by atoms with Crippen molar-refractivity contribution in [3.8, 4) is 0 Å². The third kappa shape index (κ3) is 4.57. The summed E-state index contributed by atoms with van der Waals surface area (Å²) in [6.45, 7) is 2.05. The van der Waals surface area contributed by atoms with Crippen LogP contribution in [0.4, 0.5) is 11.5 Å². The van der Waals surface area contributed by atoms with Crippen molar-refractivity contribution < 1.29 is 9.59 Å². The Morgan fingerprint density at radius 1 is 1.10 bits per heavy atom. The number of H-pyrrole nitrogens is 1. The SMILES string of the molecule is Cc1ccc(C(=O)CCC(=O)N(C)c2c(N)n(Cc3ccccc3)c(=O)[nH]c2=O)s1. The van der Waals surface area contributed by atoms with Crippen molar-refractivity contribution in [1.29, 1.82) is 0 Å². The van der Waals surface area contributed by atoms with Crippen molar-refractivity contribution in [2.24, 2.45) is 0 Å². The van der Waals surface area contributed by atoms with E-state index in [0.717, 1.165) is 15.3 Å². The molecule has 156 valence electrons. The van der Waals surface area contributed by atoms with E-state index < -0.39 is 17.2 Å². The number of thiophene rings is 1. The predicted molar refractivity (Wildman–Crippen MR) is 117 cm³/mol. The lowest BCUT2D eigenvalue weighted by atomic mass is 10.1. The lowest BCUT2D eigenvalue weighted by molar-refractivity contribution is -0.118. The van der Waals surface area contributed by atoms with Crippen molar-refractivity contribution in [2.75, 3.05) is 17.7 Å². The Balaban J connectivity index is 1.80. The lowest BCUT2D eigenvalue weighted by Crippen LogP contribution is -2.39.